The Bertz CT molecular complexity index is 858. The van der Waals surface area contributed by atoms with Crippen LogP contribution in [0.1, 0.15) is 74.2 Å². The van der Waals surface area contributed by atoms with Gasteiger partial charge in [0.05, 0.1) is 11.5 Å². The van der Waals surface area contributed by atoms with Crippen molar-refractivity contribution in [2.24, 2.45) is 0 Å². The number of rotatable bonds is 4. The minimum atomic E-state index is -0.458. The molecule has 0 bridgehead atoms. The Morgan fingerprint density at radius 1 is 1.32 bits per heavy atom. The van der Waals surface area contributed by atoms with Crippen LogP contribution >= 0.6 is 11.3 Å². The van der Waals surface area contributed by atoms with E-state index in [9.17, 15) is 9.59 Å². The van der Waals surface area contributed by atoms with E-state index in [0.29, 0.717) is 10.7 Å². The van der Waals surface area contributed by atoms with Gasteiger partial charge in [-0.15, -0.1) is 11.3 Å². The van der Waals surface area contributed by atoms with E-state index in [2.05, 4.69) is 29.0 Å². The van der Waals surface area contributed by atoms with Crippen molar-refractivity contribution in [1.29, 1.82) is 0 Å². The van der Waals surface area contributed by atoms with Gasteiger partial charge in [0.15, 0.2) is 5.13 Å². The largest absolute Gasteiger partial charge is 0.329 e. The maximum atomic E-state index is 13.6. The highest BCUT2D eigenvalue weighted by Gasteiger charge is 2.55. The van der Waals surface area contributed by atoms with E-state index in [0.717, 1.165) is 44.1 Å². The second-order valence-corrected chi connectivity index (χ2v) is 8.84. The van der Waals surface area contributed by atoms with Crippen LogP contribution in [0.3, 0.4) is 0 Å². The van der Waals surface area contributed by atoms with Gasteiger partial charge in [-0.2, -0.15) is 0 Å². The lowest BCUT2D eigenvalue weighted by molar-refractivity contribution is -0.122. The van der Waals surface area contributed by atoms with Crippen LogP contribution < -0.4 is 5.32 Å². The zero-order valence-electron chi connectivity index (χ0n) is 16.5. The third kappa shape index (κ3) is 3.04. The first kappa shape index (κ1) is 19.1. The van der Waals surface area contributed by atoms with Gasteiger partial charge in [0.25, 0.3) is 5.91 Å². The summed E-state index contributed by atoms with van der Waals surface area (Å²) >= 11 is 1.42. The van der Waals surface area contributed by atoms with Gasteiger partial charge in [0.1, 0.15) is 0 Å². The first-order valence-corrected chi connectivity index (χ1v) is 11.1. The lowest BCUT2D eigenvalue weighted by Crippen LogP contribution is -2.64. The minimum absolute atomic E-state index is 0.0508. The average Bonchev–Trinajstić information content (AvgIpc) is 3.21. The molecule has 1 saturated carbocycles. The Labute approximate surface area is 170 Å². The summed E-state index contributed by atoms with van der Waals surface area (Å²) in [7, 11) is 0. The first-order chi connectivity index (χ1) is 13.6. The predicted octanol–water partition coefficient (Wildman–Crippen LogP) is 4.82. The molecule has 148 valence electrons. The van der Waals surface area contributed by atoms with Crippen molar-refractivity contribution < 1.29 is 9.59 Å². The Hall–Kier alpha value is -2.21. The van der Waals surface area contributed by atoms with E-state index >= 15 is 0 Å². The molecule has 6 heteroatoms. The van der Waals surface area contributed by atoms with Gasteiger partial charge >= 0.3 is 0 Å². The van der Waals surface area contributed by atoms with Crippen LogP contribution in [0.5, 0.6) is 0 Å². The molecule has 2 atom stereocenters. The van der Waals surface area contributed by atoms with Crippen molar-refractivity contribution >= 4 is 28.3 Å². The predicted molar refractivity (Wildman–Crippen MR) is 112 cm³/mol. The van der Waals surface area contributed by atoms with Crippen LogP contribution in [0.2, 0.25) is 0 Å². The Morgan fingerprint density at radius 3 is 2.75 bits per heavy atom. The summed E-state index contributed by atoms with van der Waals surface area (Å²) < 4.78 is 0. The topological polar surface area (TPSA) is 62.3 Å². The molecule has 1 aliphatic carbocycles. The molecule has 1 aromatic carbocycles. The highest BCUT2D eigenvalue weighted by Crippen LogP contribution is 2.50. The molecule has 0 saturated heterocycles. The summed E-state index contributed by atoms with van der Waals surface area (Å²) in [6.07, 6.45) is 7.55. The molecule has 1 N–H and O–H groups in total. The molecule has 5 nitrogen and oxygen atoms in total. The quantitative estimate of drug-likeness (QED) is 0.804. The fraction of sp³-hybridized carbons (Fsp3) is 0.500. The number of hydrogen-bond donors (Lipinski definition) is 1. The Morgan fingerprint density at radius 2 is 2.07 bits per heavy atom. The minimum Gasteiger partial charge on any atom is -0.329 e. The van der Waals surface area contributed by atoms with E-state index in [1.54, 1.807) is 6.20 Å². The van der Waals surface area contributed by atoms with E-state index in [4.69, 9.17) is 0 Å². The molecule has 4 rings (SSSR count). The molecule has 2 heterocycles. The summed E-state index contributed by atoms with van der Waals surface area (Å²) in [4.78, 5) is 33.4. The zero-order chi connectivity index (χ0) is 19.7. The number of amides is 2. The maximum absolute atomic E-state index is 13.6. The lowest BCUT2D eigenvalue weighted by atomic mass is 9.64. The van der Waals surface area contributed by atoms with Crippen LogP contribution in [-0.4, -0.2) is 33.3 Å². The number of carbonyl (C=O) groups is 2. The van der Waals surface area contributed by atoms with Crippen LogP contribution in [0.15, 0.2) is 35.8 Å². The van der Waals surface area contributed by atoms with Crippen LogP contribution in [0.25, 0.3) is 0 Å². The summed E-state index contributed by atoms with van der Waals surface area (Å²) in [6, 6.07) is 7.75. The van der Waals surface area contributed by atoms with E-state index in [-0.39, 0.29) is 23.8 Å². The van der Waals surface area contributed by atoms with Gasteiger partial charge in [-0.1, -0.05) is 44.4 Å². The SMILES string of the molecule is CC[C@@H](C)N1C(=O)c2ccccc2[C@H](C(=O)Nc2nccs2)C12CCCCC2. The van der Waals surface area contributed by atoms with Gasteiger partial charge in [-0.25, -0.2) is 4.98 Å². The zero-order valence-corrected chi connectivity index (χ0v) is 17.3. The smallest absolute Gasteiger partial charge is 0.254 e. The number of aromatic nitrogens is 1. The van der Waals surface area contributed by atoms with Crippen LogP contribution in [0.4, 0.5) is 5.13 Å². The molecule has 2 amide bonds. The number of nitrogens with one attached hydrogen (secondary N) is 1. The molecule has 1 spiro atoms. The van der Waals surface area contributed by atoms with Crippen molar-refractivity contribution in [3.8, 4) is 0 Å². The molecule has 2 aromatic rings. The number of nitrogens with zero attached hydrogens (tertiary/aromatic N) is 2. The van der Waals surface area contributed by atoms with Gasteiger partial charge in [-0.05, 0) is 37.8 Å². The first-order valence-electron chi connectivity index (χ1n) is 10.2. The molecule has 0 radical (unpaired) electrons. The molecular weight excluding hydrogens is 370 g/mol. The molecule has 0 unspecified atom stereocenters. The van der Waals surface area contributed by atoms with Crippen molar-refractivity contribution in [2.45, 2.75) is 69.9 Å². The number of carbonyl (C=O) groups excluding carboxylic acids is 2. The number of anilines is 1. The third-order valence-corrected chi connectivity index (χ3v) is 7.10. The van der Waals surface area contributed by atoms with Crippen LogP contribution in [0, 0.1) is 0 Å². The van der Waals surface area contributed by atoms with Gasteiger partial charge < -0.3 is 10.2 Å². The highest BCUT2D eigenvalue weighted by molar-refractivity contribution is 7.13. The van der Waals surface area contributed by atoms with E-state index in [1.807, 2.05) is 29.6 Å². The number of hydrogen-bond acceptors (Lipinski definition) is 4. The van der Waals surface area contributed by atoms with Crippen molar-refractivity contribution in [3.05, 3.63) is 47.0 Å². The summed E-state index contributed by atoms with van der Waals surface area (Å²) in [5.74, 6) is -0.352. The van der Waals surface area contributed by atoms with E-state index < -0.39 is 5.54 Å². The fourth-order valence-electron chi connectivity index (χ4n) is 5.07. The van der Waals surface area contributed by atoms with Crippen molar-refractivity contribution in [2.75, 3.05) is 5.32 Å². The van der Waals surface area contributed by atoms with Gasteiger partial charge in [0.2, 0.25) is 5.91 Å². The summed E-state index contributed by atoms with van der Waals surface area (Å²) in [6.45, 7) is 4.22. The highest BCUT2D eigenvalue weighted by atomic mass is 32.1. The van der Waals surface area contributed by atoms with Gasteiger partial charge in [-0.3, -0.25) is 9.59 Å². The normalized spacial score (nSPS) is 22.0. The lowest BCUT2D eigenvalue weighted by Gasteiger charge is -2.55. The second kappa shape index (κ2) is 7.66. The number of fused-ring (bicyclic) bond motifs is 1. The molecule has 1 aliphatic heterocycles. The van der Waals surface area contributed by atoms with Crippen LogP contribution in [-0.2, 0) is 4.79 Å². The summed E-state index contributed by atoms with van der Waals surface area (Å²) in [5, 5.41) is 5.50. The molecule has 28 heavy (non-hydrogen) atoms. The molecule has 1 aromatic heterocycles. The monoisotopic (exact) mass is 397 g/mol. The molecular formula is C22H27N3O2S. The Kier molecular flexibility index (Phi) is 5.23. The van der Waals surface area contributed by atoms with Crippen molar-refractivity contribution in [3.63, 3.8) is 0 Å². The average molecular weight is 398 g/mol. The second-order valence-electron chi connectivity index (χ2n) is 7.94. The summed E-state index contributed by atoms with van der Waals surface area (Å²) in [5.41, 5.74) is 1.07. The molecule has 2 aliphatic rings. The number of thiazole rings is 1. The standard InChI is InChI=1S/C22H27N3O2S/c1-3-15(2)25-20(27)17-10-6-5-9-16(17)18(22(25)11-7-4-8-12-22)19(26)24-21-23-13-14-28-21/h5-6,9-10,13-15,18H,3-4,7-8,11-12H2,1-2H3,(H,23,24,26)/t15-,18-/m1/s1. The van der Waals surface area contributed by atoms with Crippen molar-refractivity contribution in [1.82, 2.24) is 9.88 Å². The van der Waals surface area contributed by atoms with Gasteiger partial charge in [0, 0.05) is 23.2 Å². The fourth-order valence-corrected chi connectivity index (χ4v) is 5.60. The van der Waals surface area contributed by atoms with E-state index in [1.165, 1.54) is 11.3 Å². The Balaban J connectivity index is 1.86. The third-order valence-electron chi connectivity index (χ3n) is 6.41. The maximum Gasteiger partial charge on any atom is 0.254 e. The number of benzene rings is 1. The molecule has 1 fully saturated rings.